The standard InChI is InChI=1S/C23H35N3O4/c1-16(2)14-19(26-22(29)30-23(3,4)5)21(28)25-18(12-13-20(27)24-6)15-17-10-8-7-9-11-17/h7-13,16,18-19H,14-15H2,1-6H3,(H,24,27)(H,25,28)(H,26,29)/b13-12+/t18-,19+/m1/s1. The number of nitrogens with one attached hydrogen (secondary N) is 3. The lowest BCUT2D eigenvalue weighted by atomic mass is 10.0. The van der Waals surface area contributed by atoms with Crippen LogP contribution >= 0.6 is 0 Å². The molecule has 3 amide bonds. The highest BCUT2D eigenvalue weighted by Gasteiger charge is 2.26. The van der Waals surface area contributed by atoms with Gasteiger partial charge in [0.2, 0.25) is 11.8 Å². The number of amides is 3. The van der Waals surface area contributed by atoms with Crippen LogP contribution in [0.25, 0.3) is 0 Å². The highest BCUT2D eigenvalue weighted by Crippen LogP contribution is 2.11. The molecule has 30 heavy (non-hydrogen) atoms. The van der Waals surface area contributed by atoms with E-state index in [0.29, 0.717) is 12.8 Å². The van der Waals surface area contributed by atoms with Gasteiger partial charge in [0, 0.05) is 13.1 Å². The van der Waals surface area contributed by atoms with Crippen LogP contribution < -0.4 is 16.0 Å². The zero-order valence-electron chi connectivity index (χ0n) is 18.8. The third-order valence-electron chi connectivity index (χ3n) is 4.07. The number of hydrogen-bond donors (Lipinski definition) is 3. The third-order valence-corrected chi connectivity index (χ3v) is 4.07. The summed E-state index contributed by atoms with van der Waals surface area (Å²) < 4.78 is 5.30. The predicted octanol–water partition coefficient (Wildman–Crippen LogP) is 2.96. The van der Waals surface area contributed by atoms with Crippen molar-refractivity contribution in [3.05, 3.63) is 48.0 Å². The van der Waals surface area contributed by atoms with Crippen LogP contribution in [0.5, 0.6) is 0 Å². The second-order valence-electron chi connectivity index (χ2n) is 8.61. The zero-order valence-corrected chi connectivity index (χ0v) is 18.8. The van der Waals surface area contributed by atoms with E-state index in [1.54, 1.807) is 33.9 Å². The number of likely N-dealkylation sites (N-methyl/N-ethyl adjacent to an activating group) is 1. The number of benzene rings is 1. The zero-order chi connectivity index (χ0) is 22.7. The molecule has 0 bridgehead atoms. The molecule has 2 atom stereocenters. The lowest BCUT2D eigenvalue weighted by Gasteiger charge is -2.25. The maximum atomic E-state index is 13.0. The fraction of sp³-hybridized carbons (Fsp3) is 0.522. The summed E-state index contributed by atoms with van der Waals surface area (Å²) in [6.07, 6.45) is 3.39. The molecule has 166 valence electrons. The van der Waals surface area contributed by atoms with Crippen molar-refractivity contribution in [1.29, 1.82) is 0 Å². The van der Waals surface area contributed by atoms with Gasteiger partial charge in [0.05, 0.1) is 6.04 Å². The first kappa shape index (κ1) is 25.2. The Hall–Kier alpha value is -2.83. The van der Waals surface area contributed by atoms with E-state index in [1.807, 2.05) is 44.2 Å². The van der Waals surface area contributed by atoms with Crippen LogP contribution in [-0.4, -0.2) is 42.6 Å². The summed E-state index contributed by atoms with van der Waals surface area (Å²) in [6, 6.07) is 8.51. The van der Waals surface area contributed by atoms with E-state index in [9.17, 15) is 14.4 Å². The molecule has 0 saturated heterocycles. The van der Waals surface area contributed by atoms with E-state index < -0.39 is 23.8 Å². The Kier molecular flexibility index (Phi) is 10.1. The van der Waals surface area contributed by atoms with Crippen molar-refractivity contribution in [2.24, 2.45) is 5.92 Å². The van der Waals surface area contributed by atoms with Crippen molar-refractivity contribution in [2.45, 2.75) is 65.1 Å². The Bertz CT molecular complexity index is 724. The Balaban J connectivity index is 2.94. The molecule has 0 aliphatic heterocycles. The molecule has 0 fully saturated rings. The minimum Gasteiger partial charge on any atom is -0.444 e. The number of rotatable bonds is 9. The maximum Gasteiger partial charge on any atom is 0.408 e. The van der Waals surface area contributed by atoms with Crippen LogP contribution in [-0.2, 0) is 20.7 Å². The molecule has 0 saturated carbocycles. The molecule has 1 rings (SSSR count). The van der Waals surface area contributed by atoms with Gasteiger partial charge < -0.3 is 20.7 Å². The molecule has 0 heterocycles. The topological polar surface area (TPSA) is 96.5 Å². The highest BCUT2D eigenvalue weighted by molar-refractivity contribution is 5.88. The van der Waals surface area contributed by atoms with Gasteiger partial charge in [-0.2, -0.15) is 0 Å². The first-order chi connectivity index (χ1) is 14.0. The molecular formula is C23H35N3O4. The number of alkyl carbamates (subject to hydrolysis) is 1. The second kappa shape index (κ2) is 12.0. The highest BCUT2D eigenvalue weighted by atomic mass is 16.6. The normalized spacial score (nSPS) is 13.6. The van der Waals surface area contributed by atoms with E-state index in [0.717, 1.165) is 5.56 Å². The molecule has 0 aliphatic rings. The number of carbonyl (C=O) groups excluding carboxylic acids is 3. The molecule has 0 spiro atoms. The van der Waals surface area contributed by atoms with Crippen LogP contribution in [0.2, 0.25) is 0 Å². The van der Waals surface area contributed by atoms with Gasteiger partial charge in [-0.15, -0.1) is 0 Å². The van der Waals surface area contributed by atoms with E-state index in [1.165, 1.54) is 6.08 Å². The molecule has 7 nitrogen and oxygen atoms in total. The lowest BCUT2D eigenvalue weighted by Crippen LogP contribution is -2.51. The lowest BCUT2D eigenvalue weighted by molar-refractivity contribution is -0.124. The molecule has 7 heteroatoms. The van der Waals surface area contributed by atoms with Crippen molar-refractivity contribution >= 4 is 17.9 Å². The Morgan fingerprint density at radius 1 is 1.07 bits per heavy atom. The van der Waals surface area contributed by atoms with Gasteiger partial charge in [0.15, 0.2) is 0 Å². The largest absolute Gasteiger partial charge is 0.444 e. The predicted molar refractivity (Wildman–Crippen MR) is 118 cm³/mol. The van der Waals surface area contributed by atoms with Gasteiger partial charge in [-0.1, -0.05) is 50.3 Å². The summed E-state index contributed by atoms with van der Waals surface area (Å²) >= 11 is 0. The fourth-order valence-corrected chi connectivity index (χ4v) is 2.76. The van der Waals surface area contributed by atoms with Crippen LogP contribution in [0.3, 0.4) is 0 Å². The fourth-order valence-electron chi connectivity index (χ4n) is 2.76. The number of ether oxygens (including phenoxy) is 1. The third kappa shape index (κ3) is 10.6. The smallest absolute Gasteiger partial charge is 0.408 e. The number of hydrogen-bond acceptors (Lipinski definition) is 4. The van der Waals surface area contributed by atoms with Gasteiger partial charge >= 0.3 is 6.09 Å². The van der Waals surface area contributed by atoms with Gasteiger partial charge in [0.1, 0.15) is 11.6 Å². The van der Waals surface area contributed by atoms with Crippen molar-refractivity contribution < 1.29 is 19.1 Å². The quantitative estimate of drug-likeness (QED) is 0.538. The van der Waals surface area contributed by atoms with E-state index in [2.05, 4.69) is 16.0 Å². The minimum absolute atomic E-state index is 0.185. The SMILES string of the molecule is CNC(=O)/C=C/[C@H](Cc1ccccc1)NC(=O)[C@H](CC(C)C)NC(=O)OC(C)(C)C. The van der Waals surface area contributed by atoms with Gasteiger partial charge in [-0.3, -0.25) is 9.59 Å². The summed E-state index contributed by atoms with van der Waals surface area (Å²) in [5.41, 5.74) is 0.361. The Morgan fingerprint density at radius 2 is 1.70 bits per heavy atom. The summed E-state index contributed by atoms with van der Waals surface area (Å²) in [7, 11) is 1.54. The van der Waals surface area contributed by atoms with E-state index in [-0.39, 0.29) is 17.7 Å². The average Bonchev–Trinajstić information content (AvgIpc) is 2.64. The van der Waals surface area contributed by atoms with Crippen molar-refractivity contribution in [1.82, 2.24) is 16.0 Å². The van der Waals surface area contributed by atoms with Crippen LogP contribution in [0.15, 0.2) is 42.5 Å². The van der Waals surface area contributed by atoms with Gasteiger partial charge in [-0.05, 0) is 45.1 Å². The van der Waals surface area contributed by atoms with Gasteiger partial charge in [-0.25, -0.2) is 4.79 Å². The first-order valence-electron chi connectivity index (χ1n) is 10.2. The van der Waals surface area contributed by atoms with E-state index >= 15 is 0 Å². The van der Waals surface area contributed by atoms with Crippen molar-refractivity contribution in [3.8, 4) is 0 Å². The van der Waals surface area contributed by atoms with Crippen LogP contribution in [0, 0.1) is 5.92 Å². The van der Waals surface area contributed by atoms with Crippen LogP contribution in [0.1, 0.15) is 46.6 Å². The molecule has 0 aliphatic carbocycles. The monoisotopic (exact) mass is 417 g/mol. The summed E-state index contributed by atoms with van der Waals surface area (Å²) in [6.45, 7) is 9.25. The van der Waals surface area contributed by atoms with E-state index in [4.69, 9.17) is 4.74 Å². The number of carbonyl (C=O) groups is 3. The summed E-state index contributed by atoms with van der Waals surface area (Å²) in [4.78, 5) is 36.8. The Morgan fingerprint density at radius 3 is 2.23 bits per heavy atom. The second-order valence-corrected chi connectivity index (χ2v) is 8.61. The molecule has 1 aromatic rings. The Labute approximate surface area is 179 Å². The summed E-state index contributed by atoms with van der Waals surface area (Å²) in [5.74, 6) is -0.394. The first-order valence-corrected chi connectivity index (χ1v) is 10.2. The molecule has 0 unspecified atom stereocenters. The molecule has 0 radical (unpaired) electrons. The van der Waals surface area contributed by atoms with Crippen LogP contribution in [0.4, 0.5) is 4.79 Å². The molecule has 0 aromatic heterocycles. The van der Waals surface area contributed by atoms with Gasteiger partial charge in [0.25, 0.3) is 0 Å². The average molecular weight is 418 g/mol. The maximum absolute atomic E-state index is 13.0. The molecular weight excluding hydrogens is 382 g/mol. The molecule has 1 aromatic carbocycles. The summed E-state index contributed by atoms with van der Waals surface area (Å²) in [5, 5.41) is 8.14. The van der Waals surface area contributed by atoms with Crippen molar-refractivity contribution in [2.75, 3.05) is 7.05 Å². The molecule has 3 N–H and O–H groups in total. The van der Waals surface area contributed by atoms with Crippen molar-refractivity contribution in [3.63, 3.8) is 0 Å². The minimum atomic E-state index is -0.744.